The summed E-state index contributed by atoms with van der Waals surface area (Å²) in [7, 11) is 0. The van der Waals surface area contributed by atoms with E-state index in [-0.39, 0.29) is 0 Å². The number of para-hydroxylation sites is 4. The van der Waals surface area contributed by atoms with Gasteiger partial charge in [-0.15, -0.1) is 0 Å². The SMILES string of the molecule is c1ccc(-c2ccc(-c3ccccc3N(c3ccccc3-c3ccccc3)c3ccccc3-c3cccc4c3oc3c5ccccc5ccc43)cc2)cc1. The molecule has 0 unspecified atom stereocenters. The molecule has 0 spiro atoms. The minimum Gasteiger partial charge on any atom is -0.455 e. The number of nitrogens with zero attached hydrogens (tertiary/aromatic N) is 1. The molecule has 254 valence electrons. The van der Waals surface area contributed by atoms with Crippen LogP contribution in [0, 0.1) is 0 Å². The summed E-state index contributed by atoms with van der Waals surface area (Å²) in [6.07, 6.45) is 0. The van der Waals surface area contributed by atoms with Crippen molar-refractivity contribution < 1.29 is 4.42 Å². The topological polar surface area (TPSA) is 16.4 Å². The lowest BCUT2D eigenvalue weighted by atomic mass is 9.95. The molecule has 1 heterocycles. The highest BCUT2D eigenvalue weighted by Gasteiger charge is 2.24. The standard InChI is InChI=1S/C52H35NO/c1-3-16-36(17-4-1)37-30-32-40(33-31-37)42-22-10-13-28-49(42)53(48-27-12-9-21-41(48)38-18-5-2-6-19-38)50-29-14-11-24-44(50)45-25-15-26-46-47-35-34-39-20-7-8-23-43(39)51(47)54-52(45)46/h1-35H. The summed E-state index contributed by atoms with van der Waals surface area (Å²) in [5.74, 6) is 0. The van der Waals surface area contributed by atoms with Crippen molar-refractivity contribution in [1.29, 1.82) is 0 Å². The van der Waals surface area contributed by atoms with Crippen LogP contribution in [0.1, 0.15) is 0 Å². The van der Waals surface area contributed by atoms with Gasteiger partial charge in [-0.2, -0.15) is 0 Å². The zero-order valence-electron chi connectivity index (χ0n) is 29.6. The van der Waals surface area contributed by atoms with Gasteiger partial charge in [0.1, 0.15) is 11.2 Å². The first-order valence-corrected chi connectivity index (χ1v) is 18.4. The molecule has 0 bridgehead atoms. The smallest absolute Gasteiger partial charge is 0.143 e. The Morgan fingerprint density at radius 3 is 1.39 bits per heavy atom. The quantitative estimate of drug-likeness (QED) is 0.166. The van der Waals surface area contributed by atoms with Crippen LogP contribution in [0.4, 0.5) is 17.1 Å². The molecular formula is C52H35NO. The monoisotopic (exact) mass is 689 g/mol. The lowest BCUT2D eigenvalue weighted by molar-refractivity contribution is 0.674. The molecule has 0 radical (unpaired) electrons. The lowest BCUT2D eigenvalue weighted by Crippen LogP contribution is -2.13. The first-order valence-electron chi connectivity index (χ1n) is 18.4. The van der Waals surface area contributed by atoms with Crippen LogP contribution in [-0.2, 0) is 0 Å². The van der Waals surface area contributed by atoms with E-state index in [1.54, 1.807) is 0 Å². The second-order valence-corrected chi connectivity index (χ2v) is 13.6. The molecular weight excluding hydrogens is 655 g/mol. The van der Waals surface area contributed by atoms with Crippen molar-refractivity contribution in [2.75, 3.05) is 4.90 Å². The summed E-state index contributed by atoms with van der Waals surface area (Å²) in [4.78, 5) is 2.44. The predicted octanol–water partition coefficient (Wildman–Crippen LogP) is 14.9. The van der Waals surface area contributed by atoms with E-state index in [2.05, 4.69) is 217 Å². The summed E-state index contributed by atoms with van der Waals surface area (Å²) >= 11 is 0. The van der Waals surface area contributed by atoms with Crippen LogP contribution in [0.15, 0.2) is 217 Å². The Labute approximate surface area is 314 Å². The number of fused-ring (bicyclic) bond motifs is 5. The van der Waals surface area contributed by atoms with E-state index in [1.807, 2.05) is 0 Å². The first kappa shape index (κ1) is 31.6. The highest BCUT2D eigenvalue weighted by Crippen LogP contribution is 2.49. The maximum atomic E-state index is 6.91. The summed E-state index contributed by atoms with van der Waals surface area (Å²) in [5.41, 5.74) is 14.2. The van der Waals surface area contributed by atoms with Gasteiger partial charge in [-0.1, -0.05) is 188 Å². The molecule has 0 amide bonds. The predicted molar refractivity (Wildman–Crippen MR) is 228 cm³/mol. The molecule has 2 nitrogen and oxygen atoms in total. The molecule has 0 aliphatic heterocycles. The number of anilines is 3. The van der Waals surface area contributed by atoms with E-state index in [4.69, 9.17) is 4.42 Å². The molecule has 1 aromatic heterocycles. The molecule has 10 aromatic rings. The molecule has 0 aliphatic carbocycles. The van der Waals surface area contributed by atoms with E-state index < -0.39 is 0 Å². The Balaban J connectivity index is 1.22. The third-order valence-corrected chi connectivity index (χ3v) is 10.5. The average Bonchev–Trinajstić information content (AvgIpc) is 3.65. The molecule has 10 rings (SSSR count). The fourth-order valence-electron chi connectivity index (χ4n) is 7.94. The molecule has 2 heteroatoms. The van der Waals surface area contributed by atoms with Gasteiger partial charge in [0.15, 0.2) is 0 Å². The van der Waals surface area contributed by atoms with Gasteiger partial charge in [0.05, 0.1) is 17.1 Å². The number of hydrogen-bond donors (Lipinski definition) is 0. The van der Waals surface area contributed by atoms with E-state index in [0.717, 1.165) is 77.8 Å². The number of furan rings is 1. The van der Waals surface area contributed by atoms with Gasteiger partial charge in [-0.3, -0.25) is 0 Å². The van der Waals surface area contributed by atoms with E-state index in [9.17, 15) is 0 Å². The van der Waals surface area contributed by atoms with Crippen molar-refractivity contribution in [2.45, 2.75) is 0 Å². The lowest BCUT2D eigenvalue weighted by Gasteiger charge is -2.31. The first-order chi connectivity index (χ1) is 26.8. The molecule has 9 aromatic carbocycles. The van der Waals surface area contributed by atoms with Gasteiger partial charge < -0.3 is 9.32 Å². The fourth-order valence-corrected chi connectivity index (χ4v) is 7.94. The second kappa shape index (κ2) is 13.4. The molecule has 0 atom stereocenters. The molecule has 0 fully saturated rings. The molecule has 0 aliphatic rings. The summed E-state index contributed by atoms with van der Waals surface area (Å²) in [6.45, 7) is 0. The third kappa shape index (κ3) is 5.44. The number of hydrogen-bond acceptors (Lipinski definition) is 2. The minimum absolute atomic E-state index is 0.886. The number of benzene rings is 9. The zero-order chi connectivity index (χ0) is 35.8. The third-order valence-electron chi connectivity index (χ3n) is 10.5. The molecule has 54 heavy (non-hydrogen) atoms. The van der Waals surface area contributed by atoms with Crippen LogP contribution in [-0.4, -0.2) is 0 Å². The van der Waals surface area contributed by atoms with Crippen molar-refractivity contribution in [3.8, 4) is 44.5 Å². The van der Waals surface area contributed by atoms with Gasteiger partial charge in [-0.25, -0.2) is 0 Å². The Kier molecular flexibility index (Phi) is 7.85. The summed E-state index contributed by atoms with van der Waals surface area (Å²) in [5, 5.41) is 4.52. The molecule has 0 N–H and O–H groups in total. The van der Waals surface area contributed by atoms with Gasteiger partial charge in [0, 0.05) is 38.4 Å². The highest BCUT2D eigenvalue weighted by molar-refractivity contribution is 6.17. The van der Waals surface area contributed by atoms with Crippen LogP contribution in [0.25, 0.3) is 77.2 Å². The van der Waals surface area contributed by atoms with Crippen LogP contribution in [0.3, 0.4) is 0 Å². The van der Waals surface area contributed by atoms with Crippen molar-refractivity contribution in [3.63, 3.8) is 0 Å². The van der Waals surface area contributed by atoms with Crippen LogP contribution in [0.5, 0.6) is 0 Å². The molecule has 0 saturated carbocycles. The van der Waals surface area contributed by atoms with Gasteiger partial charge >= 0.3 is 0 Å². The van der Waals surface area contributed by atoms with E-state index in [0.29, 0.717) is 0 Å². The normalized spacial score (nSPS) is 11.3. The van der Waals surface area contributed by atoms with Gasteiger partial charge in [0.2, 0.25) is 0 Å². The Morgan fingerprint density at radius 1 is 0.259 bits per heavy atom. The van der Waals surface area contributed by atoms with Crippen LogP contribution < -0.4 is 4.90 Å². The van der Waals surface area contributed by atoms with Crippen LogP contribution >= 0.6 is 0 Å². The van der Waals surface area contributed by atoms with Gasteiger partial charge in [0.25, 0.3) is 0 Å². The maximum Gasteiger partial charge on any atom is 0.143 e. The van der Waals surface area contributed by atoms with E-state index >= 15 is 0 Å². The maximum absolute atomic E-state index is 6.91. The highest BCUT2D eigenvalue weighted by atomic mass is 16.3. The van der Waals surface area contributed by atoms with Crippen LogP contribution in [0.2, 0.25) is 0 Å². The van der Waals surface area contributed by atoms with Crippen molar-refractivity contribution in [1.82, 2.24) is 0 Å². The Morgan fingerprint density at radius 2 is 0.704 bits per heavy atom. The van der Waals surface area contributed by atoms with Crippen molar-refractivity contribution in [2.24, 2.45) is 0 Å². The summed E-state index contributed by atoms with van der Waals surface area (Å²) < 4.78 is 6.91. The fraction of sp³-hybridized carbons (Fsp3) is 0. The second-order valence-electron chi connectivity index (χ2n) is 13.6. The number of rotatable bonds is 7. The largest absolute Gasteiger partial charge is 0.455 e. The minimum atomic E-state index is 0.886. The average molecular weight is 690 g/mol. The van der Waals surface area contributed by atoms with Crippen molar-refractivity contribution >= 4 is 49.8 Å². The summed E-state index contributed by atoms with van der Waals surface area (Å²) in [6, 6.07) is 75.8. The van der Waals surface area contributed by atoms with Gasteiger partial charge in [-0.05, 0) is 51.9 Å². The Hall–Kier alpha value is -7.16. The molecule has 0 saturated heterocycles. The van der Waals surface area contributed by atoms with Crippen molar-refractivity contribution in [3.05, 3.63) is 212 Å². The van der Waals surface area contributed by atoms with E-state index in [1.165, 1.54) is 16.5 Å². The zero-order valence-corrected chi connectivity index (χ0v) is 29.6. The Bertz CT molecular complexity index is 2920.